The maximum Gasteiger partial charge on any atom is 0.338 e. The minimum absolute atomic E-state index is 0.186. The molecule has 0 N–H and O–H groups in total. The van der Waals surface area contributed by atoms with Crippen LogP contribution in [0.1, 0.15) is 51.8 Å². The highest BCUT2D eigenvalue weighted by atomic mass is 32.1. The van der Waals surface area contributed by atoms with Gasteiger partial charge in [0.2, 0.25) is 0 Å². The molecule has 0 bridgehead atoms. The molecule has 0 saturated carbocycles. The van der Waals surface area contributed by atoms with E-state index in [2.05, 4.69) is 11.6 Å². The molecule has 3 aromatic rings. The third-order valence-corrected chi connectivity index (χ3v) is 7.31. The van der Waals surface area contributed by atoms with Gasteiger partial charge in [0.15, 0.2) is 27.8 Å². The third-order valence-electron chi connectivity index (χ3n) is 6.32. The molecule has 4 rings (SSSR count). The van der Waals surface area contributed by atoms with E-state index in [4.69, 9.17) is 23.7 Å². The van der Waals surface area contributed by atoms with Gasteiger partial charge in [0.05, 0.1) is 48.3 Å². The molecule has 2 aromatic carbocycles. The van der Waals surface area contributed by atoms with Crippen LogP contribution in [0.2, 0.25) is 0 Å². The summed E-state index contributed by atoms with van der Waals surface area (Å²) in [5.41, 5.74) is 1.92. The number of nitrogens with zero attached hydrogens (tertiary/aromatic N) is 2. The van der Waals surface area contributed by atoms with Crippen molar-refractivity contribution < 1.29 is 28.5 Å². The van der Waals surface area contributed by atoms with E-state index in [1.165, 1.54) is 11.3 Å². The Morgan fingerprint density at radius 1 is 0.929 bits per heavy atom. The summed E-state index contributed by atoms with van der Waals surface area (Å²) in [7, 11) is 0. The maximum absolute atomic E-state index is 14.0. The van der Waals surface area contributed by atoms with Crippen LogP contribution in [-0.2, 0) is 9.53 Å². The summed E-state index contributed by atoms with van der Waals surface area (Å²) < 4.78 is 30.5. The van der Waals surface area contributed by atoms with Gasteiger partial charge in [-0.05, 0) is 76.1 Å². The SMILES string of the molecule is C=CCOc1ccc(C2C(C(=O)OCC)=C(C)N=c3s/c(=C\c4ccc(OCC)c(OCC)c4)c(=O)n32)cc1OCC. The van der Waals surface area contributed by atoms with Gasteiger partial charge in [-0.15, -0.1) is 0 Å². The average molecular weight is 593 g/mol. The zero-order chi connectivity index (χ0) is 30.2. The first kappa shape index (κ1) is 30.6. The predicted octanol–water partition coefficient (Wildman–Crippen LogP) is 4.56. The Labute approximate surface area is 249 Å². The topological polar surface area (TPSA) is 97.6 Å². The molecule has 1 aliphatic heterocycles. The van der Waals surface area contributed by atoms with E-state index >= 15 is 0 Å². The first-order valence-electron chi connectivity index (χ1n) is 14.0. The second kappa shape index (κ2) is 14.0. The zero-order valence-electron chi connectivity index (χ0n) is 24.6. The number of benzene rings is 2. The fourth-order valence-electron chi connectivity index (χ4n) is 4.65. The molecule has 1 unspecified atom stereocenters. The molecule has 42 heavy (non-hydrogen) atoms. The van der Waals surface area contributed by atoms with Crippen molar-refractivity contribution in [2.45, 2.75) is 40.7 Å². The molecule has 10 heteroatoms. The van der Waals surface area contributed by atoms with Crippen LogP contribution in [0.3, 0.4) is 0 Å². The van der Waals surface area contributed by atoms with E-state index < -0.39 is 12.0 Å². The molecular formula is C32H36N2O7S. The molecule has 222 valence electrons. The maximum atomic E-state index is 14.0. The van der Waals surface area contributed by atoms with Gasteiger partial charge in [0, 0.05) is 0 Å². The lowest BCUT2D eigenvalue weighted by Gasteiger charge is -2.25. The second-order valence-corrected chi connectivity index (χ2v) is 10.1. The summed E-state index contributed by atoms with van der Waals surface area (Å²) in [6, 6.07) is 10.1. The molecule has 0 spiro atoms. The van der Waals surface area contributed by atoms with E-state index in [0.29, 0.717) is 70.0 Å². The van der Waals surface area contributed by atoms with Crippen LogP contribution in [0.5, 0.6) is 23.0 Å². The Balaban J connectivity index is 1.90. The van der Waals surface area contributed by atoms with Crippen LogP contribution in [0.25, 0.3) is 6.08 Å². The van der Waals surface area contributed by atoms with Crippen molar-refractivity contribution in [2.24, 2.45) is 4.99 Å². The van der Waals surface area contributed by atoms with E-state index in [1.807, 2.05) is 45.0 Å². The van der Waals surface area contributed by atoms with Gasteiger partial charge in [-0.25, -0.2) is 9.79 Å². The number of allylic oxidation sites excluding steroid dienone is 1. The number of esters is 1. The molecular weight excluding hydrogens is 556 g/mol. The van der Waals surface area contributed by atoms with Crippen LogP contribution < -0.4 is 33.8 Å². The van der Waals surface area contributed by atoms with Crippen LogP contribution in [0, 0.1) is 0 Å². The number of thiazole rings is 1. The molecule has 1 aromatic heterocycles. The first-order chi connectivity index (χ1) is 20.4. The smallest absolute Gasteiger partial charge is 0.338 e. The van der Waals surface area contributed by atoms with Gasteiger partial charge in [0.1, 0.15) is 6.61 Å². The lowest BCUT2D eigenvalue weighted by molar-refractivity contribution is -0.139. The summed E-state index contributed by atoms with van der Waals surface area (Å²) >= 11 is 1.25. The standard InChI is InChI=1S/C32H36N2O7S/c1-7-16-41-24-15-13-22(19-26(24)39-10-4)29-28(31(36)40-11-5)20(6)33-32-34(29)30(35)27(42-32)18-21-12-14-23(37-8-2)25(17-21)38-9-3/h7,12-15,17-19,29H,1,8-11,16H2,2-6H3/b27-18-. The average Bonchev–Trinajstić information content (AvgIpc) is 3.27. The van der Waals surface area contributed by atoms with Gasteiger partial charge in [-0.3, -0.25) is 9.36 Å². The van der Waals surface area contributed by atoms with E-state index in [-0.39, 0.29) is 17.7 Å². The second-order valence-electron chi connectivity index (χ2n) is 9.11. The minimum atomic E-state index is -0.783. The Hall–Kier alpha value is -4.31. The van der Waals surface area contributed by atoms with Crippen molar-refractivity contribution in [2.75, 3.05) is 33.0 Å². The van der Waals surface area contributed by atoms with Crippen molar-refractivity contribution in [3.05, 3.63) is 91.1 Å². The van der Waals surface area contributed by atoms with Crippen molar-refractivity contribution in [1.29, 1.82) is 0 Å². The Kier molecular flexibility index (Phi) is 10.2. The highest BCUT2D eigenvalue weighted by Crippen LogP contribution is 2.36. The number of fused-ring (bicyclic) bond motifs is 1. The lowest BCUT2D eigenvalue weighted by atomic mass is 9.95. The summed E-state index contributed by atoms with van der Waals surface area (Å²) in [6.07, 6.45) is 3.44. The van der Waals surface area contributed by atoms with Crippen molar-refractivity contribution in [3.63, 3.8) is 0 Å². The number of aromatic nitrogens is 1. The molecule has 1 aliphatic rings. The zero-order valence-corrected chi connectivity index (χ0v) is 25.4. The van der Waals surface area contributed by atoms with Crippen LogP contribution in [0.4, 0.5) is 0 Å². The first-order valence-corrected chi connectivity index (χ1v) is 14.8. The Bertz CT molecular complexity index is 1670. The molecule has 0 aliphatic carbocycles. The number of ether oxygens (including phenoxy) is 5. The lowest BCUT2D eigenvalue weighted by Crippen LogP contribution is -2.40. The third kappa shape index (κ3) is 6.44. The summed E-state index contributed by atoms with van der Waals surface area (Å²) in [5.74, 6) is 1.73. The number of hydrogen-bond donors (Lipinski definition) is 0. The number of carbonyl (C=O) groups is 1. The van der Waals surface area contributed by atoms with Gasteiger partial charge in [0.25, 0.3) is 5.56 Å². The van der Waals surface area contributed by atoms with E-state index in [0.717, 1.165) is 5.56 Å². The minimum Gasteiger partial charge on any atom is -0.490 e. The van der Waals surface area contributed by atoms with E-state index in [1.54, 1.807) is 42.7 Å². The summed E-state index contributed by atoms with van der Waals surface area (Å²) in [6.45, 7) is 14.8. The van der Waals surface area contributed by atoms with Crippen LogP contribution >= 0.6 is 11.3 Å². The molecule has 9 nitrogen and oxygen atoms in total. The van der Waals surface area contributed by atoms with Gasteiger partial charge in [-0.2, -0.15) is 0 Å². The monoisotopic (exact) mass is 592 g/mol. The number of rotatable bonds is 13. The normalized spacial score (nSPS) is 14.6. The molecule has 0 saturated heterocycles. The van der Waals surface area contributed by atoms with Gasteiger partial charge in [-0.1, -0.05) is 36.1 Å². The van der Waals surface area contributed by atoms with E-state index in [9.17, 15) is 9.59 Å². The van der Waals surface area contributed by atoms with Crippen molar-refractivity contribution in [3.8, 4) is 23.0 Å². The molecule has 0 fully saturated rings. The van der Waals surface area contributed by atoms with Crippen LogP contribution in [-0.4, -0.2) is 43.6 Å². The predicted molar refractivity (Wildman–Crippen MR) is 162 cm³/mol. The molecule has 1 atom stereocenters. The Morgan fingerprint density at radius 3 is 2.24 bits per heavy atom. The number of carbonyl (C=O) groups excluding carboxylic acids is 1. The fourth-order valence-corrected chi connectivity index (χ4v) is 5.69. The fraction of sp³-hybridized carbons (Fsp3) is 0.344. The number of hydrogen-bond acceptors (Lipinski definition) is 9. The highest BCUT2D eigenvalue weighted by molar-refractivity contribution is 7.07. The van der Waals surface area contributed by atoms with Gasteiger partial charge >= 0.3 is 5.97 Å². The van der Waals surface area contributed by atoms with Crippen molar-refractivity contribution >= 4 is 23.4 Å². The summed E-state index contributed by atoms with van der Waals surface area (Å²) in [5, 5.41) is 0. The molecule has 0 amide bonds. The van der Waals surface area contributed by atoms with Crippen LogP contribution in [0.15, 0.2) is 70.1 Å². The molecule has 0 radical (unpaired) electrons. The molecule has 2 heterocycles. The quantitative estimate of drug-likeness (QED) is 0.212. The van der Waals surface area contributed by atoms with Crippen molar-refractivity contribution in [1.82, 2.24) is 4.57 Å². The largest absolute Gasteiger partial charge is 0.490 e. The Morgan fingerprint density at radius 2 is 1.57 bits per heavy atom. The van der Waals surface area contributed by atoms with Gasteiger partial charge < -0.3 is 23.7 Å². The summed E-state index contributed by atoms with van der Waals surface area (Å²) in [4.78, 5) is 32.4. The highest BCUT2D eigenvalue weighted by Gasteiger charge is 2.34.